The van der Waals surface area contributed by atoms with Gasteiger partial charge in [-0.1, -0.05) is 23.7 Å². The molecule has 0 fully saturated rings. The molecule has 0 saturated heterocycles. The Morgan fingerprint density at radius 2 is 1.83 bits per heavy atom. The lowest BCUT2D eigenvalue weighted by molar-refractivity contribution is -0.141. The lowest BCUT2D eigenvalue weighted by Crippen LogP contribution is -2.53. The molecule has 1 aromatic carbocycles. The fourth-order valence-corrected chi connectivity index (χ4v) is 3.29. The van der Waals surface area contributed by atoms with E-state index in [2.05, 4.69) is 0 Å². The molecule has 0 spiro atoms. The molecule has 0 saturated carbocycles. The first-order chi connectivity index (χ1) is 8.08. The highest BCUT2D eigenvalue weighted by Gasteiger charge is 2.41. The molecule has 7 heteroatoms. The third-order valence-electron chi connectivity index (χ3n) is 2.43. The molecule has 0 aliphatic heterocycles. The minimum atomic E-state index is -3.78. The Bertz CT molecular complexity index is 568. The number of rotatable bonds is 4. The molecule has 0 atom stereocenters. The number of nitrogens with zero attached hydrogens (tertiary/aromatic N) is 1. The second-order valence-corrected chi connectivity index (χ2v) is 6.58. The predicted octanol–water partition coefficient (Wildman–Crippen LogP) is 1.97. The molecule has 0 bridgehead atoms. The molecule has 0 heterocycles. The summed E-state index contributed by atoms with van der Waals surface area (Å²) in [6, 6.07) is 6.21. The lowest BCUT2D eigenvalue weighted by atomic mass is 10.1. The summed E-state index contributed by atoms with van der Waals surface area (Å²) in [4.78, 5) is 11.2. The van der Waals surface area contributed by atoms with Crippen LogP contribution >= 0.6 is 11.6 Å². The van der Waals surface area contributed by atoms with E-state index in [1.165, 1.54) is 26.0 Å². The average molecular weight is 292 g/mol. The number of sulfonamides is 1. The molecule has 100 valence electrons. The first-order valence-corrected chi connectivity index (χ1v) is 7.29. The van der Waals surface area contributed by atoms with Crippen molar-refractivity contribution in [2.45, 2.75) is 19.4 Å². The molecular weight excluding hydrogens is 278 g/mol. The van der Waals surface area contributed by atoms with Crippen molar-refractivity contribution in [3.63, 3.8) is 0 Å². The summed E-state index contributed by atoms with van der Waals surface area (Å²) in [6.45, 7) is 2.61. The smallest absolute Gasteiger partial charge is 0.330 e. The van der Waals surface area contributed by atoms with E-state index in [1.807, 2.05) is 0 Å². The monoisotopic (exact) mass is 291 g/mol. The van der Waals surface area contributed by atoms with E-state index in [4.69, 9.17) is 11.6 Å². The number of carboxylic acids is 1. The summed E-state index contributed by atoms with van der Waals surface area (Å²) >= 11 is 5.94. The summed E-state index contributed by atoms with van der Waals surface area (Å²) in [5.74, 6) is -1.26. The highest BCUT2D eigenvalue weighted by molar-refractivity contribution is 7.92. The summed E-state index contributed by atoms with van der Waals surface area (Å²) in [6.07, 6.45) is 0.945. The van der Waals surface area contributed by atoms with Gasteiger partial charge in [-0.2, -0.15) is 0 Å². The first kappa shape index (κ1) is 14.8. The van der Waals surface area contributed by atoms with Crippen LogP contribution < -0.4 is 4.31 Å². The quantitative estimate of drug-likeness (QED) is 0.920. The molecule has 0 amide bonds. The molecule has 0 aliphatic carbocycles. The van der Waals surface area contributed by atoms with Crippen molar-refractivity contribution < 1.29 is 18.3 Å². The topological polar surface area (TPSA) is 74.7 Å². The largest absolute Gasteiger partial charge is 0.479 e. The minimum absolute atomic E-state index is 0.147. The number of hydrogen-bond donors (Lipinski definition) is 1. The van der Waals surface area contributed by atoms with Gasteiger partial charge in [-0.15, -0.1) is 0 Å². The number of anilines is 1. The van der Waals surface area contributed by atoms with Crippen molar-refractivity contribution in [2.24, 2.45) is 0 Å². The minimum Gasteiger partial charge on any atom is -0.479 e. The van der Waals surface area contributed by atoms with E-state index in [1.54, 1.807) is 12.1 Å². The first-order valence-electron chi connectivity index (χ1n) is 5.07. The van der Waals surface area contributed by atoms with E-state index in [0.29, 0.717) is 0 Å². The zero-order valence-electron chi connectivity index (χ0n) is 10.2. The molecule has 18 heavy (non-hydrogen) atoms. The van der Waals surface area contributed by atoms with Gasteiger partial charge in [0.15, 0.2) is 0 Å². The second-order valence-electron chi connectivity index (χ2n) is 4.34. The highest BCUT2D eigenvalue weighted by atomic mass is 35.5. The number of para-hydroxylation sites is 1. The fourth-order valence-electron chi connectivity index (χ4n) is 1.60. The van der Waals surface area contributed by atoms with E-state index >= 15 is 0 Å². The van der Waals surface area contributed by atoms with Gasteiger partial charge >= 0.3 is 5.97 Å². The molecule has 5 nitrogen and oxygen atoms in total. The van der Waals surface area contributed by atoms with Gasteiger partial charge < -0.3 is 5.11 Å². The summed E-state index contributed by atoms with van der Waals surface area (Å²) in [7, 11) is -3.78. The maximum atomic E-state index is 11.8. The van der Waals surface area contributed by atoms with E-state index < -0.39 is 21.5 Å². The third-order valence-corrected chi connectivity index (χ3v) is 4.07. The molecule has 1 aromatic rings. The molecule has 0 radical (unpaired) electrons. The van der Waals surface area contributed by atoms with Crippen LogP contribution in [-0.4, -0.2) is 31.3 Å². The zero-order chi connectivity index (χ0) is 14.1. The van der Waals surface area contributed by atoms with Crippen molar-refractivity contribution in [1.82, 2.24) is 0 Å². The Hall–Kier alpha value is -1.27. The fraction of sp³-hybridized carbons (Fsp3) is 0.364. The molecule has 0 aromatic heterocycles. The van der Waals surface area contributed by atoms with Gasteiger partial charge in [0.25, 0.3) is 0 Å². The van der Waals surface area contributed by atoms with Crippen LogP contribution in [0.1, 0.15) is 13.8 Å². The predicted molar refractivity (Wildman–Crippen MR) is 70.5 cm³/mol. The number of halogens is 1. The van der Waals surface area contributed by atoms with Gasteiger partial charge in [-0.05, 0) is 26.0 Å². The maximum Gasteiger partial charge on any atom is 0.330 e. The van der Waals surface area contributed by atoms with Crippen LogP contribution in [0.15, 0.2) is 24.3 Å². The van der Waals surface area contributed by atoms with Gasteiger partial charge in [0, 0.05) is 0 Å². The van der Waals surface area contributed by atoms with Crippen LogP contribution in [0.5, 0.6) is 0 Å². The van der Waals surface area contributed by atoms with Crippen LogP contribution in [0.25, 0.3) is 0 Å². The van der Waals surface area contributed by atoms with Gasteiger partial charge in [0.1, 0.15) is 5.54 Å². The molecular formula is C11H14ClNO4S. The van der Waals surface area contributed by atoms with Crippen molar-refractivity contribution >= 4 is 33.3 Å². The van der Waals surface area contributed by atoms with Crippen LogP contribution in [0.2, 0.25) is 5.02 Å². The molecule has 1 rings (SSSR count). The lowest BCUT2D eigenvalue weighted by Gasteiger charge is -2.35. The van der Waals surface area contributed by atoms with Gasteiger partial charge in [-0.3, -0.25) is 4.31 Å². The van der Waals surface area contributed by atoms with Crippen LogP contribution in [0.3, 0.4) is 0 Å². The number of carbonyl (C=O) groups is 1. The number of carboxylic acid groups (broad SMARTS) is 1. The van der Waals surface area contributed by atoms with E-state index in [9.17, 15) is 18.3 Å². The van der Waals surface area contributed by atoms with Crippen molar-refractivity contribution in [3.05, 3.63) is 29.3 Å². The zero-order valence-corrected chi connectivity index (χ0v) is 11.8. The summed E-state index contributed by atoms with van der Waals surface area (Å²) < 4.78 is 24.5. The van der Waals surface area contributed by atoms with E-state index in [-0.39, 0.29) is 10.7 Å². The third kappa shape index (κ3) is 2.76. The molecule has 0 unspecified atom stereocenters. The second kappa shape index (κ2) is 4.78. The SMILES string of the molecule is CC(C)(C(=O)O)N(c1ccccc1Cl)S(C)(=O)=O. The number of benzene rings is 1. The van der Waals surface area contributed by atoms with Crippen LogP contribution in [0, 0.1) is 0 Å². The average Bonchev–Trinajstić information content (AvgIpc) is 2.18. The Labute approximate surface area is 111 Å². The van der Waals surface area contributed by atoms with Crippen LogP contribution in [-0.2, 0) is 14.8 Å². The summed E-state index contributed by atoms with van der Waals surface area (Å²) in [5, 5.41) is 9.36. The normalized spacial score (nSPS) is 12.2. The van der Waals surface area contributed by atoms with E-state index in [0.717, 1.165) is 10.6 Å². The Morgan fingerprint density at radius 1 is 1.33 bits per heavy atom. The maximum absolute atomic E-state index is 11.8. The number of aliphatic carboxylic acids is 1. The Kier molecular flexibility index (Phi) is 3.92. The van der Waals surface area contributed by atoms with Gasteiger partial charge in [0.2, 0.25) is 10.0 Å². The van der Waals surface area contributed by atoms with Crippen molar-refractivity contribution in [3.8, 4) is 0 Å². The van der Waals surface area contributed by atoms with Gasteiger partial charge in [-0.25, -0.2) is 13.2 Å². The molecule has 1 N–H and O–H groups in total. The van der Waals surface area contributed by atoms with Crippen molar-refractivity contribution in [1.29, 1.82) is 0 Å². The Balaban J connectivity index is 3.52. The summed E-state index contributed by atoms with van der Waals surface area (Å²) in [5.41, 5.74) is -1.48. The van der Waals surface area contributed by atoms with Crippen molar-refractivity contribution in [2.75, 3.05) is 10.6 Å². The van der Waals surface area contributed by atoms with Gasteiger partial charge in [0.05, 0.1) is 17.0 Å². The number of hydrogen-bond acceptors (Lipinski definition) is 3. The molecule has 0 aliphatic rings. The van der Waals surface area contributed by atoms with Crippen LogP contribution in [0.4, 0.5) is 5.69 Å². The highest BCUT2D eigenvalue weighted by Crippen LogP contribution is 2.33. The Morgan fingerprint density at radius 3 is 2.22 bits per heavy atom. The standard InChI is InChI=1S/C11H14ClNO4S/c1-11(2,10(14)15)13(18(3,16)17)9-7-5-4-6-8(9)12/h4-7H,1-3H3,(H,14,15).